The number of thiocarbonyl (C=S) groups is 1. The number of hydrogen-bond donors (Lipinski definition) is 1. The normalized spacial score (nSPS) is 17.0. The molecule has 5 rings (SSSR count). The first-order valence-corrected chi connectivity index (χ1v) is 15.7. The Hall–Kier alpha value is -3.99. The van der Waals surface area contributed by atoms with Crippen LogP contribution in [0.15, 0.2) is 59.5 Å². The van der Waals surface area contributed by atoms with Gasteiger partial charge in [0.05, 0.1) is 52.8 Å². The Kier molecular flexibility index (Phi) is 10.8. The second kappa shape index (κ2) is 14.6. The van der Waals surface area contributed by atoms with Crippen LogP contribution in [0, 0.1) is 0 Å². The number of halogens is 6. The number of thioether (sulfide) groups is 1. The van der Waals surface area contributed by atoms with Crippen LogP contribution in [-0.4, -0.2) is 75.5 Å². The Bertz CT molecular complexity index is 1710. The van der Waals surface area contributed by atoms with Gasteiger partial charge in [0.2, 0.25) is 0 Å². The van der Waals surface area contributed by atoms with E-state index in [1.54, 1.807) is 12.1 Å². The number of benzene rings is 2. The monoisotopic (exact) mass is 711 g/mol. The lowest BCUT2D eigenvalue weighted by Gasteiger charge is -2.27. The van der Waals surface area contributed by atoms with Crippen molar-refractivity contribution < 1.29 is 50.5 Å². The van der Waals surface area contributed by atoms with Gasteiger partial charge in [-0.2, -0.15) is 26.3 Å². The molecule has 1 N–H and O–H groups in total. The van der Waals surface area contributed by atoms with Gasteiger partial charge < -0.3 is 14.6 Å². The Labute approximate surface area is 280 Å². The summed E-state index contributed by atoms with van der Waals surface area (Å²) in [4.78, 5) is 32.6. The van der Waals surface area contributed by atoms with Crippen molar-refractivity contribution in [1.29, 1.82) is 0 Å². The number of carbonyl (C=O) groups excluding carboxylic acids is 1. The zero-order chi connectivity index (χ0) is 34.6. The highest BCUT2D eigenvalue weighted by atomic mass is 32.2. The lowest BCUT2D eigenvalue weighted by molar-refractivity contribution is -0.143. The van der Waals surface area contributed by atoms with Crippen LogP contribution < -0.4 is 4.74 Å². The molecule has 0 bridgehead atoms. The van der Waals surface area contributed by atoms with Gasteiger partial charge in [0.1, 0.15) is 10.1 Å². The second-order valence-corrected chi connectivity index (χ2v) is 12.5. The predicted octanol–water partition coefficient (Wildman–Crippen LogP) is 6.99. The summed E-state index contributed by atoms with van der Waals surface area (Å²) in [6.07, 6.45) is -8.27. The van der Waals surface area contributed by atoms with Gasteiger partial charge in [0.15, 0.2) is 0 Å². The number of nitrogens with zero attached hydrogens (tertiary/aromatic N) is 3. The van der Waals surface area contributed by atoms with Gasteiger partial charge in [-0.3, -0.25) is 14.6 Å². The Balaban J connectivity index is 1.25. The first-order chi connectivity index (χ1) is 22.7. The number of ether oxygens (including phenoxy) is 2. The standard InChI is InChI=1S/C32H27F6N3O5S2/c33-31(34,35)22-14-20(15-23(16-22)32(36,37)38)25-4-1-3-24(39-25)17-27-28(42)41(30(47)48-27)7-2-10-46-26-6-5-19(29(43)44)13-21(26)18-40-8-11-45-12-9-40/h1,3-6,13-17H,2,7-12,18H2,(H,43,44). The van der Waals surface area contributed by atoms with E-state index in [1.807, 2.05) is 0 Å². The number of rotatable bonds is 10. The van der Waals surface area contributed by atoms with Crippen molar-refractivity contribution >= 4 is 46.3 Å². The zero-order valence-electron chi connectivity index (χ0n) is 24.9. The van der Waals surface area contributed by atoms with Crippen molar-refractivity contribution in [3.05, 3.63) is 87.5 Å². The summed E-state index contributed by atoms with van der Waals surface area (Å²) >= 11 is 6.38. The molecular weight excluding hydrogens is 684 g/mol. The molecule has 1 amide bonds. The molecule has 2 aromatic carbocycles. The van der Waals surface area contributed by atoms with Crippen LogP contribution in [0.1, 0.15) is 39.2 Å². The lowest BCUT2D eigenvalue weighted by atomic mass is 10.0. The van der Waals surface area contributed by atoms with Crippen LogP contribution in [0.5, 0.6) is 5.75 Å². The molecule has 3 aromatic rings. The van der Waals surface area contributed by atoms with Gasteiger partial charge in [0, 0.05) is 37.3 Å². The second-order valence-electron chi connectivity index (χ2n) is 10.8. The highest BCUT2D eigenvalue weighted by Gasteiger charge is 2.37. The number of carbonyl (C=O) groups is 2. The number of carboxylic acids is 1. The van der Waals surface area contributed by atoms with Crippen LogP contribution in [0.2, 0.25) is 0 Å². The van der Waals surface area contributed by atoms with Crippen LogP contribution in [0.4, 0.5) is 26.3 Å². The van der Waals surface area contributed by atoms with Crippen molar-refractivity contribution in [3.63, 3.8) is 0 Å². The summed E-state index contributed by atoms with van der Waals surface area (Å²) in [6.45, 7) is 3.42. The third-order valence-electron chi connectivity index (χ3n) is 7.40. The quantitative estimate of drug-likeness (QED) is 0.104. The van der Waals surface area contributed by atoms with E-state index in [-0.39, 0.29) is 51.0 Å². The Morgan fingerprint density at radius 1 is 1.02 bits per heavy atom. The topological polar surface area (TPSA) is 92.2 Å². The van der Waals surface area contributed by atoms with E-state index in [9.17, 15) is 41.0 Å². The molecule has 8 nitrogen and oxygen atoms in total. The zero-order valence-corrected chi connectivity index (χ0v) is 26.6. The fraction of sp³-hybridized carbons (Fsp3) is 0.312. The summed E-state index contributed by atoms with van der Waals surface area (Å²) in [5, 5.41) is 9.44. The fourth-order valence-corrected chi connectivity index (χ4v) is 6.30. The van der Waals surface area contributed by atoms with Gasteiger partial charge in [-0.15, -0.1) is 0 Å². The van der Waals surface area contributed by atoms with E-state index < -0.39 is 35.4 Å². The van der Waals surface area contributed by atoms with E-state index in [2.05, 4.69) is 9.88 Å². The van der Waals surface area contributed by atoms with Crippen LogP contribution in [-0.2, 0) is 28.4 Å². The molecule has 0 atom stereocenters. The Morgan fingerprint density at radius 3 is 2.35 bits per heavy atom. The molecule has 2 aliphatic rings. The average Bonchev–Trinajstić information content (AvgIpc) is 3.30. The number of amides is 1. The molecule has 254 valence electrons. The minimum atomic E-state index is -5.01. The predicted molar refractivity (Wildman–Crippen MR) is 169 cm³/mol. The smallest absolute Gasteiger partial charge is 0.416 e. The first-order valence-electron chi connectivity index (χ1n) is 14.5. The third kappa shape index (κ3) is 8.72. The number of pyridine rings is 1. The summed E-state index contributed by atoms with van der Waals surface area (Å²) < 4.78 is 91.9. The molecule has 0 saturated carbocycles. The molecular formula is C32H27F6N3O5S2. The maximum Gasteiger partial charge on any atom is 0.416 e. The molecule has 16 heteroatoms. The lowest BCUT2D eigenvalue weighted by Crippen LogP contribution is -2.35. The number of carboxylic acid groups (broad SMARTS) is 1. The van der Waals surface area contributed by atoms with Crippen LogP contribution in [0.25, 0.3) is 17.3 Å². The van der Waals surface area contributed by atoms with Gasteiger partial charge in [-0.25, -0.2) is 9.78 Å². The van der Waals surface area contributed by atoms with Gasteiger partial charge in [-0.1, -0.05) is 30.0 Å². The third-order valence-corrected chi connectivity index (χ3v) is 8.77. The van der Waals surface area contributed by atoms with Crippen molar-refractivity contribution in [1.82, 2.24) is 14.8 Å². The minimum Gasteiger partial charge on any atom is -0.493 e. The van der Waals surface area contributed by atoms with Crippen molar-refractivity contribution in [2.45, 2.75) is 25.3 Å². The van der Waals surface area contributed by atoms with E-state index >= 15 is 0 Å². The highest BCUT2D eigenvalue weighted by Crippen LogP contribution is 2.39. The highest BCUT2D eigenvalue weighted by molar-refractivity contribution is 8.26. The number of aromatic carboxylic acids is 1. The van der Waals surface area contributed by atoms with E-state index in [0.29, 0.717) is 62.7 Å². The van der Waals surface area contributed by atoms with E-state index in [1.165, 1.54) is 35.2 Å². The van der Waals surface area contributed by atoms with Crippen molar-refractivity contribution in [3.8, 4) is 17.0 Å². The molecule has 0 radical (unpaired) electrons. The maximum atomic E-state index is 13.4. The average molecular weight is 712 g/mol. The molecule has 0 unspecified atom stereocenters. The van der Waals surface area contributed by atoms with Crippen molar-refractivity contribution in [2.75, 3.05) is 39.5 Å². The maximum absolute atomic E-state index is 13.4. The molecule has 0 spiro atoms. The number of hydrogen-bond acceptors (Lipinski definition) is 8. The molecule has 3 heterocycles. The molecule has 2 saturated heterocycles. The molecule has 2 fully saturated rings. The Morgan fingerprint density at radius 2 is 1.71 bits per heavy atom. The van der Waals surface area contributed by atoms with E-state index in [0.717, 1.165) is 11.8 Å². The number of alkyl halides is 6. The van der Waals surface area contributed by atoms with Gasteiger partial charge in [0.25, 0.3) is 5.91 Å². The summed E-state index contributed by atoms with van der Waals surface area (Å²) in [7, 11) is 0. The van der Waals surface area contributed by atoms with Crippen LogP contribution in [0.3, 0.4) is 0 Å². The number of morpholine rings is 1. The summed E-state index contributed by atoms with van der Waals surface area (Å²) in [5.41, 5.74) is -2.47. The molecule has 48 heavy (non-hydrogen) atoms. The minimum absolute atomic E-state index is 0.0448. The molecule has 2 aliphatic heterocycles. The molecule has 1 aromatic heterocycles. The van der Waals surface area contributed by atoms with E-state index in [4.69, 9.17) is 21.7 Å². The molecule has 0 aliphatic carbocycles. The van der Waals surface area contributed by atoms with Gasteiger partial charge in [-0.05, 0) is 61.0 Å². The largest absolute Gasteiger partial charge is 0.493 e. The number of aromatic nitrogens is 1. The fourth-order valence-electron chi connectivity index (χ4n) is 5.00. The summed E-state index contributed by atoms with van der Waals surface area (Å²) in [5.74, 6) is -0.972. The first kappa shape index (κ1) is 35.3. The SMILES string of the molecule is O=C(O)c1ccc(OCCCN2C(=O)C(=Cc3cccc(-c4cc(C(F)(F)F)cc(C(F)(F)F)c4)n3)SC2=S)c(CN2CCOCC2)c1. The van der Waals surface area contributed by atoms with Crippen molar-refractivity contribution in [2.24, 2.45) is 0 Å². The summed E-state index contributed by atoms with van der Waals surface area (Å²) in [6, 6.07) is 10.0. The van der Waals surface area contributed by atoms with Crippen LogP contribution >= 0.6 is 24.0 Å². The van der Waals surface area contributed by atoms with Gasteiger partial charge >= 0.3 is 18.3 Å².